The first-order valence-corrected chi connectivity index (χ1v) is 12.6. The number of aryl methyl sites for hydroxylation is 2. The number of rotatable bonds is 6. The summed E-state index contributed by atoms with van der Waals surface area (Å²) < 4.78 is 26.7. The van der Waals surface area contributed by atoms with Gasteiger partial charge in [0.25, 0.3) is 0 Å². The maximum absolute atomic E-state index is 13.3. The number of benzene rings is 2. The Labute approximate surface area is 195 Å². The minimum Gasteiger partial charge on any atom is -0.281 e. The van der Waals surface area contributed by atoms with Gasteiger partial charge in [-0.3, -0.25) is 14.7 Å². The fraction of sp³-hybridized carbons (Fsp3) is 0.174. The molecule has 1 amide bonds. The van der Waals surface area contributed by atoms with Gasteiger partial charge in [-0.2, -0.15) is 0 Å². The molecule has 4 rings (SSSR count). The zero-order valence-corrected chi connectivity index (χ0v) is 19.8. The largest absolute Gasteiger partial charge is 0.281 e. The zero-order valence-electron chi connectivity index (χ0n) is 17.4. The first-order chi connectivity index (χ1) is 15.2. The molecule has 32 heavy (non-hydrogen) atoms. The Morgan fingerprint density at radius 1 is 1.09 bits per heavy atom. The van der Waals surface area contributed by atoms with Gasteiger partial charge in [0.15, 0.2) is 15.0 Å². The lowest BCUT2D eigenvalue weighted by atomic mass is 10.1. The van der Waals surface area contributed by atoms with E-state index in [4.69, 9.17) is 11.6 Å². The molecule has 0 aliphatic heterocycles. The van der Waals surface area contributed by atoms with Gasteiger partial charge in [-0.25, -0.2) is 13.4 Å². The molecular formula is C23H20ClN3O3S2. The Morgan fingerprint density at radius 3 is 2.53 bits per heavy atom. The predicted molar refractivity (Wildman–Crippen MR) is 128 cm³/mol. The molecule has 9 heteroatoms. The van der Waals surface area contributed by atoms with Crippen molar-refractivity contribution in [2.24, 2.45) is 0 Å². The lowest BCUT2D eigenvalue weighted by Crippen LogP contribution is -2.35. The molecule has 0 bridgehead atoms. The molecule has 0 atom stereocenters. The van der Waals surface area contributed by atoms with E-state index >= 15 is 0 Å². The smallest absolute Gasteiger partial charge is 0.244 e. The fourth-order valence-corrected chi connectivity index (χ4v) is 5.84. The Balaban J connectivity index is 1.71. The first kappa shape index (κ1) is 22.4. The molecule has 0 unspecified atom stereocenters. The van der Waals surface area contributed by atoms with Crippen molar-refractivity contribution < 1.29 is 13.2 Å². The molecule has 0 aliphatic carbocycles. The second-order valence-electron chi connectivity index (χ2n) is 7.44. The molecular weight excluding hydrogens is 466 g/mol. The Kier molecular flexibility index (Phi) is 6.28. The molecule has 0 saturated carbocycles. The third-order valence-corrected chi connectivity index (χ3v) is 7.78. The number of anilines is 1. The maximum Gasteiger partial charge on any atom is 0.244 e. The van der Waals surface area contributed by atoms with E-state index in [9.17, 15) is 13.2 Å². The van der Waals surface area contributed by atoms with Gasteiger partial charge in [-0.1, -0.05) is 35.1 Å². The number of nitrogens with zero attached hydrogens (tertiary/aromatic N) is 3. The number of carbonyl (C=O) groups excluding carboxylic acids is 1. The number of halogens is 1. The standard InChI is InChI=1S/C23H20ClN3O3S2/c1-15-11-16(2)22-20(12-15)31-23(26-22)27(13-18-5-3-4-10-25-18)21(28)14-32(29,30)19-8-6-17(24)7-9-19/h3-12H,13-14H2,1-2H3. The summed E-state index contributed by atoms with van der Waals surface area (Å²) in [7, 11) is -3.86. The van der Waals surface area contributed by atoms with Crippen molar-refractivity contribution in [2.45, 2.75) is 25.3 Å². The number of hydrogen-bond acceptors (Lipinski definition) is 6. The first-order valence-electron chi connectivity index (χ1n) is 9.79. The van der Waals surface area contributed by atoms with Crippen LogP contribution in [0.3, 0.4) is 0 Å². The van der Waals surface area contributed by atoms with Gasteiger partial charge in [0, 0.05) is 11.2 Å². The van der Waals surface area contributed by atoms with E-state index in [0.717, 1.165) is 21.3 Å². The second kappa shape index (κ2) is 8.97. The van der Waals surface area contributed by atoms with E-state index in [1.54, 1.807) is 18.3 Å². The number of hydrogen-bond donors (Lipinski definition) is 0. The van der Waals surface area contributed by atoms with Gasteiger partial charge in [-0.15, -0.1) is 0 Å². The molecule has 0 saturated heterocycles. The Morgan fingerprint density at radius 2 is 1.84 bits per heavy atom. The summed E-state index contributed by atoms with van der Waals surface area (Å²) in [5.74, 6) is -1.26. The summed E-state index contributed by atoms with van der Waals surface area (Å²) in [4.78, 5) is 23.7. The van der Waals surface area contributed by atoms with Crippen LogP contribution in [-0.2, 0) is 21.2 Å². The summed E-state index contributed by atoms with van der Waals surface area (Å²) in [5.41, 5.74) is 3.53. The Bertz CT molecular complexity index is 1390. The summed E-state index contributed by atoms with van der Waals surface area (Å²) in [5, 5.41) is 0.864. The molecule has 0 fully saturated rings. The van der Waals surface area contributed by atoms with Crippen LogP contribution in [0.2, 0.25) is 5.02 Å². The summed E-state index contributed by atoms with van der Waals surface area (Å²) in [6.07, 6.45) is 1.63. The number of pyridine rings is 1. The van der Waals surface area contributed by atoms with Crippen LogP contribution in [0.4, 0.5) is 5.13 Å². The highest BCUT2D eigenvalue weighted by Crippen LogP contribution is 2.32. The van der Waals surface area contributed by atoms with Crippen molar-refractivity contribution in [3.05, 3.63) is 82.6 Å². The average molecular weight is 486 g/mol. The van der Waals surface area contributed by atoms with Gasteiger partial charge < -0.3 is 0 Å². The molecule has 2 aromatic heterocycles. The Hall–Kier alpha value is -2.81. The average Bonchev–Trinajstić information content (AvgIpc) is 3.16. The van der Waals surface area contributed by atoms with E-state index < -0.39 is 21.5 Å². The summed E-state index contributed by atoms with van der Waals surface area (Å²) in [6.45, 7) is 4.09. The van der Waals surface area contributed by atoms with Gasteiger partial charge in [-0.05, 0) is 67.4 Å². The van der Waals surface area contributed by atoms with E-state index in [-0.39, 0.29) is 11.4 Å². The topological polar surface area (TPSA) is 80.2 Å². The molecule has 0 spiro atoms. The van der Waals surface area contributed by atoms with Crippen LogP contribution in [0.5, 0.6) is 0 Å². The van der Waals surface area contributed by atoms with E-state index in [0.29, 0.717) is 15.8 Å². The predicted octanol–water partition coefficient (Wildman–Crippen LogP) is 4.97. The van der Waals surface area contributed by atoms with Crippen molar-refractivity contribution in [1.29, 1.82) is 0 Å². The van der Waals surface area contributed by atoms with Crippen molar-refractivity contribution in [1.82, 2.24) is 9.97 Å². The van der Waals surface area contributed by atoms with Crippen molar-refractivity contribution in [3.63, 3.8) is 0 Å². The molecule has 0 radical (unpaired) electrons. The molecule has 2 aromatic carbocycles. The van der Waals surface area contributed by atoms with Crippen LogP contribution in [0.15, 0.2) is 65.7 Å². The molecule has 6 nitrogen and oxygen atoms in total. The molecule has 4 aromatic rings. The highest BCUT2D eigenvalue weighted by atomic mass is 35.5. The van der Waals surface area contributed by atoms with Crippen LogP contribution in [0, 0.1) is 13.8 Å². The van der Waals surface area contributed by atoms with Gasteiger partial charge in [0.1, 0.15) is 5.75 Å². The van der Waals surface area contributed by atoms with Crippen LogP contribution >= 0.6 is 22.9 Å². The normalized spacial score (nSPS) is 11.6. The summed E-state index contributed by atoms with van der Waals surface area (Å²) in [6, 6.07) is 15.2. The van der Waals surface area contributed by atoms with Gasteiger partial charge >= 0.3 is 0 Å². The number of sulfone groups is 1. The number of carbonyl (C=O) groups is 1. The molecule has 0 N–H and O–H groups in total. The van der Waals surface area contributed by atoms with Crippen molar-refractivity contribution in [2.75, 3.05) is 10.7 Å². The van der Waals surface area contributed by atoms with E-state index in [1.165, 1.54) is 40.5 Å². The van der Waals surface area contributed by atoms with Crippen molar-refractivity contribution >= 4 is 54.0 Å². The fourth-order valence-electron chi connectivity index (χ4n) is 3.36. The van der Waals surface area contributed by atoms with E-state index in [2.05, 4.69) is 9.97 Å². The third kappa shape index (κ3) is 4.82. The van der Waals surface area contributed by atoms with Crippen LogP contribution < -0.4 is 4.90 Å². The molecule has 0 aliphatic rings. The van der Waals surface area contributed by atoms with Crippen LogP contribution in [0.25, 0.3) is 10.2 Å². The number of thiazole rings is 1. The van der Waals surface area contributed by atoms with Gasteiger partial charge in [0.2, 0.25) is 5.91 Å². The second-order valence-corrected chi connectivity index (χ2v) is 10.9. The third-order valence-electron chi connectivity index (χ3n) is 4.88. The molecule has 2 heterocycles. The minimum absolute atomic E-state index is 0.0452. The number of fused-ring (bicyclic) bond motifs is 1. The van der Waals surface area contributed by atoms with Crippen LogP contribution in [0.1, 0.15) is 16.8 Å². The summed E-state index contributed by atoms with van der Waals surface area (Å²) >= 11 is 7.23. The number of amides is 1. The zero-order chi connectivity index (χ0) is 22.9. The van der Waals surface area contributed by atoms with Gasteiger partial charge in [0.05, 0.1) is 27.4 Å². The molecule has 164 valence electrons. The van der Waals surface area contributed by atoms with Crippen LogP contribution in [-0.4, -0.2) is 30.0 Å². The maximum atomic E-state index is 13.3. The number of aromatic nitrogens is 2. The quantitative estimate of drug-likeness (QED) is 0.385. The minimum atomic E-state index is -3.86. The lowest BCUT2D eigenvalue weighted by molar-refractivity contribution is -0.116. The SMILES string of the molecule is Cc1cc(C)c2nc(N(Cc3ccccn3)C(=O)CS(=O)(=O)c3ccc(Cl)cc3)sc2c1. The van der Waals surface area contributed by atoms with E-state index in [1.807, 2.05) is 32.0 Å². The monoisotopic (exact) mass is 485 g/mol. The lowest BCUT2D eigenvalue weighted by Gasteiger charge is -2.19. The van der Waals surface area contributed by atoms with Crippen molar-refractivity contribution in [3.8, 4) is 0 Å². The highest BCUT2D eigenvalue weighted by Gasteiger charge is 2.27. The highest BCUT2D eigenvalue weighted by molar-refractivity contribution is 7.92.